The molecule has 0 bridgehead atoms. The molecule has 0 radical (unpaired) electrons. The van der Waals surface area contributed by atoms with Crippen LogP contribution in [0.3, 0.4) is 0 Å². The lowest BCUT2D eigenvalue weighted by atomic mass is 10.2. The molecular formula is C13H17NO3S. The molecule has 4 nitrogen and oxygen atoms in total. The Morgan fingerprint density at radius 1 is 1.28 bits per heavy atom. The highest BCUT2D eigenvalue weighted by molar-refractivity contribution is 7.98. The Morgan fingerprint density at radius 3 is 2.39 bits per heavy atom. The number of ether oxygens (including phenoxy) is 1. The maximum atomic E-state index is 12.0. The molecule has 1 amide bonds. The van der Waals surface area contributed by atoms with Gasteiger partial charge in [-0.15, -0.1) is 11.8 Å². The first-order chi connectivity index (χ1) is 8.58. The molecule has 0 fully saturated rings. The van der Waals surface area contributed by atoms with Gasteiger partial charge in [-0.05, 0) is 37.4 Å². The Balaban J connectivity index is 2.64. The summed E-state index contributed by atoms with van der Waals surface area (Å²) in [6, 6.07) is 7.29. The molecule has 0 aliphatic carbocycles. The van der Waals surface area contributed by atoms with Crippen LogP contribution in [0.2, 0.25) is 0 Å². The lowest BCUT2D eigenvalue weighted by Crippen LogP contribution is -2.33. The van der Waals surface area contributed by atoms with Crippen LogP contribution in [0.25, 0.3) is 0 Å². The van der Waals surface area contributed by atoms with E-state index in [0.717, 1.165) is 4.90 Å². The summed E-state index contributed by atoms with van der Waals surface area (Å²) in [5.74, 6) is -0.579. The van der Waals surface area contributed by atoms with Crippen molar-refractivity contribution in [1.82, 2.24) is 4.90 Å². The van der Waals surface area contributed by atoms with Crippen molar-refractivity contribution in [3.8, 4) is 0 Å². The predicted molar refractivity (Wildman–Crippen MR) is 71.8 cm³/mol. The van der Waals surface area contributed by atoms with E-state index in [1.807, 2.05) is 18.4 Å². The van der Waals surface area contributed by atoms with Gasteiger partial charge in [-0.3, -0.25) is 9.59 Å². The highest BCUT2D eigenvalue weighted by atomic mass is 32.2. The molecule has 0 aliphatic heterocycles. The minimum Gasteiger partial charge on any atom is -0.465 e. The van der Waals surface area contributed by atoms with Gasteiger partial charge >= 0.3 is 5.97 Å². The summed E-state index contributed by atoms with van der Waals surface area (Å²) >= 11 is 1.62. The Kier molecular flexibility index (Phi) is 5.71. The van der Waals surface area contributed by atoms with Crippen LogP contribution in [0.1, 0.15) is 17.3 Å². The van der Waals surface area contributed by atoms with Crippen molar-refractivity contribution in [2.24, 2.45) is 0 Å². The first-order valence-electron chi connectivity index (χ1n) is 5.63. The topological polar surface area (TPSA) is 46.6 Å². The molecule has 0 spiro atoms. The van der Waals surface area contributed by atoms with Gasteiger partial charge in [0.05, 0.1) is 6.61 Å². The molecule has 0 N–H and O–H groups in total. The number of thioether (sulfide) groups is 1. The quantitative estimate of drug-likeness (QED) is 0.605. The number of rotatable bonds is 5. The van der Waals surface area contributed by atoms with E-state index in [1.165, 1.54) is 4.90 Å². The Bertz CT molecular complexity index is 417. The molecular weight excluding hydrogens is 250 g/mol. The summed E-state index contributed by atoms with van der Waals surface area (Å²) in [5.41, 5.74) is 0.569. The maximum Gasteiger partial charge on any atom is 0.325 e. The van der Waals surface area contributed by atoms with Crippen LogP contribution < -0.4 is 0 Å². The number of benzene rings is 1. The summed E-state index contributed by atoms with van der Waals surface area (Å²) in [4.78, 5) is 25.7. The van der Waals surface area contributed by atoms with Gasteiger partial charge in [-0.2, -0.15) is 0 Å². The summed E-state index contributed by atoms with van der Waals surface area (Å²) in [5, 5.41) is 0. The molecule has 1 aromatic carbocycles. The summed E-state index contributed by atoms with van der Waals surface area (Å²) in [7, 11) is 1.59. The van der Waals surface area contributed by atoms with Crippen molar-refractivity contribution >= 4 is 23.6 Å². The van der Waals surface area contributed by atoms with Gasteiger partial charge in [0, 0.05) is 17.5 Å². The number of hydrogen-bond acceptors (Lipinski definition) is 4. The van der Waals surface area contributed by atoms with Crippen LogP contribution >= 0.6 is 11.8 Å². The third-order valence-electron chi connectivity index (χ3n) is 2.36. The van der Waals surface area contributed by atoms with Gasteiger partial charge in [-0.1, -0.05) is 0 Å². The SMILES string of the molecule is CCOC(=O)CN(C)C(=O)c1ccc(SC)cc1. The molecule has 0 saturated carbocycles. The highest BCUT2D eigenvalue weighted by Gasteiger charge is 2.15. The van der Waals surface area contributed by atoms with E-state index in [1.54, 1.807) is 37.9 Å². The van der Waals surface area contributed by atoms with Crippen molar-refractivity contribution in [3.63, 3.8) is 0 Å². The fraction of sp³-hybridized carbons (Fsp3) is 0.385. The van der Waals surface area contributed by atoms with Crippen molar-refractivity contribution in [3.05, 3.63) is 29.8 Å². The summed E-state index contributed by atoms with van der Waals surface area (Å²) in [6.45, 7) is 2.03. The van der Waals surface area contributed by atoms with Crippen LogP contribution in [-0.2, 0) is 9.53 Å². The van der Waals surface area contributed by atoms with Crippen molar-refractivity contribution in [2.75, 3.05) is 26.5 Å². The third kappa shape index (κ3) is 4.07. The molecule has 0 unspecified atom stereocenters. The van der Waals surface area contributed by atoms with Gasteiger partial charge in [0.1, 0.15) is 6.54 Å². The maximum absolute atomic E-state index is 12.0. The zero-order chi connectivity index (χ0) is 13.5. The number of carbonyl (C=O) groups is 2. The van der Waals surface area contributed by atoms with Gasteiger partial charge in [0.25, 0.3) is 5.91 Å². The van der Waals surface area contributed by atoms with Crippen molar-refractivity contribution < 1.29 is 14.3 Å². The fourth-order valence-corrected chi connectivity index (χ4v) is 1.83. The van der Waals surface area contributed by atoms with Crippen molar-refractivity contribution in [2.45, 2.75) is 11.8 Å². The second kappa shape index (κ2) is 7.06. The number of likely N-dealkylation sites (N-methyl/N-ethyl adjacent to an activating group) is 1. The van der Waals surface area contributed by atoms with Gasteiger partial charge < -0.3 is 9.64 Å². The van der Waals surface area contributed by atoms with E-state index in [4.69, 9.17) is 4.74 Å². The minimum absolute atomic E-state index is 0.0308. The number of carbonyl (C=O) groups excluding carboxylic acids is 2. The molecule has 98 valence electrons. The molecule has 18 heavy (non-hydrogen) atoms. The van der Waals surface area contributed by atoms with E-state index in [0.29, 0.717) is 12.2 Å². The minimum atomic E-state index is -0.394. The molecule has 5 heteroatoms. The first-order valence-corrected chi connectivity index (χ1v) is 6.86. The summed E-state index contributed by atoms with van der Waals surface area (Å²) in [6.07, 6.45) is 1.98. The smallest absolute Gasteiger partial charge is 0.325 e. The zero-order valence-corrected chi connectivity index (χ0v) is 11.6. The van der Waals surface area contributed by atoms with E-state index in [9.17, 15) is 9.59 Å². The zero-order valence-electron chi connectivity index (χ0n) is 10.8. The standard InChI is InChI=1S/C13H17NO3S/c1-4-17-12(15)9-14(2)13(16)10-5-7-11(18-3)8-6-10/h5-8H,4,9H2,1-3H3. The van der Waals surface area contributed by atoms with E-state index in [2.05, 4.69) is 0 Å². The second-order valence-corrected chi connectivity index (χ2v) is 4.57. The molecule has 1 rings (SSSR count). The normalized spacial score (nSPS) is 9.94. The van der Waals surface area contributed by atoms with Crippen LogP contribution in [-0.4, -0.2) is 43.2 Å². The highest BCUT2D eigenvalue weighted by Crippen LogP contribution is 2.15. The number of amides is 1. The Morgan fingerprint density at radius 2 is 1.89 bits per heavy atom. The monoisotopic (exact) mass is 267 g/mol. The first kappa shape index (κ1) is 14.6. The van der Waals surface area contributed by atoms with Crippen LogP contribution in [0.15, 0.2) is 29.2 Å². The van der Waals surface area contributed by atoms with E-state index in [-0.39, 0.29) is 12.5 Å². The van der Waals surface area contributed by atoms with Crippen molar-refractivity contribution in [1.29, 1.82) is 0 Å². The van der Waals surface area contributed by atoms with Crippen LogP contribution in [0, 0.1) is 0 Å². The molecule has 0 atom stereocenters. The second-order valence-electron chi connectivity index (χ2n) is 3.69. The average molecular weight is 267 g/mol. The van der Waals surface area contributed by atoms with Gasteiger partial charge in [-0.25, -0.2) is 0 Å². The molecule has 0 heterocycles. The lowest BCUT2D eigenvalue weighted by molar-refractivity contribution is -0.143. The largest absolute Gasteiger partial charge is 0.465 e. The molecule has 0 aromatic heterocycles. The van der Waals surface area contributed by atoms with E-state index < -0.39 is 5.97 Å². The number of hydrogen-bond donors (Lipinski definition) is 0. The molecule has 1 aromatic rings. The predicted octanol–water partition coefficient (Wildman–Crippen LogP) is 2.04. The fourth-order valence-electron chi connectivity index (χ4n) is 1.43. The average Bonchev–Trinajstić information content (AvgIpc) is 2.38. The van der Waals surface area contributed by atoms with Crippen LogP contribution in [0.5, 0.6) is 0 Å². The number of nitrogens with zero attached hydrogens (tertiary/aromatic N) is 1. The summed E-state index contributed by atoms with van der Waals surface area (Å²) < 4.78 is 4.80. The lowest BCUT2D eigenvalue weighted by Gasteiger charge is -2.16. The Hall–Kier alpha value is -1.49. The van der Waals surface area contributed by atoms with E-state index >= 15 is 0 Å². The third-order valence-corrected chi connectivity index (χ3v) is 3.10. The molecule has 0 saturated heterocycles. The van der Waals surface area contributed by atoms with Crippen LogP contribution in [0.4, 0.5) is 0 Å². The number of esters is 1. The van der Waals surface area contributed by atoms with Gasteiger partial charge in [0.15, 0.2) is 0 Å². The Labute approximate surface area is 111 Å². The van der Waals surface area contributed by atoms with Gasteiger partial charge in [0.2, 0.25) is 0 Å². The molecule has 0 aliphatic rings.